The summed E-state index contributed by atoms with van der Waals surface area (Å²) in [5, 5.41) is 0. The molecule has 2 aromatic carbocycles. The first-order valence-electron chi connectivity index (χ1n) is 8.80. The second kappa shape index (κ2) is 9.11. The average molecular weight is 430 g/mol. The summed E-state index contributed by atoms with van der Waals surface area (Å²) in [6, 6.07) is 12.3. The fourth-order valence-electron chi connectivity index (χ4n) is 2.71. The van der Waals surface area contributed by atoms with Crippen LogP contribution >= 0.6 is 24.0 Å². The van der Waals surface area contributed by atoms with Crippen molar-refractivity contribution >= 4 is 51.9 Å². The van der Waals surface area contributed by atoms with Gasteiger partial charge in [-0.3, -0.25) is 14.5 Å². The van der Waals surface area contributed by atoms with Crippen LogP contribution in [0.4, 0.5) is 5.69 Å². The van der Waals surface area contributed by atoms with E-state index in [0.29, 0.717) is 33.0 Å². The predicted octanol–water partition coefficient (Wildman–Crippen LogP) is 4.43. The Hall–Kier alpha value is -2.84. The van der Waals surface area contributed by atoms with E-state index >= 15 is 0 Å². The molecule has 0 atom stereocenters. The number of ether oxygens (including phenoxy) is 3. The third-order valence-electron chi connectivity index (χ3n) is 3.94. The number of thiocarbonyl (C=S) groups is 1. The topological polar surface area (TPSA) is 65.1 Å². The minimum atomic E-state index is -0.438. The summed E-state index contributed by atoms with van der Waals surface area (Å²) in [4.78, 5) is 26.1. The van der Waals surface area contributed by atoms with Gasteiger partial charge in [-0.1, -0.05) is 30.0 Å². The van der Waals surface area contributed by atoms with Crippen molar-refractivity contribution in [1.82, 2.24) is 0 Å². The molecule has 1 aliphatic rings. The van der Waals surface area contributed by atoms with Gasteiger partial charge in [-0.25, -0.2) is 0 Å². The smallest absolute Gasteiger partial charge is 0.308 e. The maximum absolute atomic E-state index is 12.9. The van der Waals surface area contributed by atoms with E-state index < -0.39 is 5.97 Å². The SMILES string of the molecule is CCOc1ccc(N2C(=O)/C(=C/c3ccc(OC(C)=O)c(OC)c3)SC2=S)cc1. The van der Waals surface area contributed by atoms with Gasteiger partial charge in [0.25, 0.3) is 5.91 Å². The molecule has 1 fully saturated rings. The van der Waals surface area contributed by atoms with Crippen LogP contribution in [0.3, 0.4) is 0 Å². The maximum atomic E-state index is 12.9. The van der Waals surface area contributed by atoms with Gasteiger partial charge in [0.2, 0.25) is 0 Å². The molecule has 0 spiro atoms. The number of hydrogen-bond donors (Lipinski definition) is 0. The van der Waals surface area contributed by atoms with Gasteiger partial charge < -0.3 is 14.2 Å². The normalized spacial score (nSPS) is 15.0. The van der Waals surface area contributed by atoms with Crippen LogP contribution in [0, 0.1) is 0 Å². The monoisotopic (exact) mass is 429 g/mol. The Morgan fingerprint density at radius 3 is 2.52 bits per heavy atom. The van der Waals surface area contributed by atoms with Crippen molar-refractivity contribution < 1.29 is 23.8 Å². The lowest BCUT2D eigenvalue weighted by Crippen LogP contribution is -2.27. The maximum Gasteiger partial charge on any atom is 0.308 e. The van der Waals surface area contributed by atoms with Crippen molar-refractivity contribution in [1.29, 1.82) is 0 Å². The molecule has 6 nitrogen and oxygen atoms in total. The van der Waals surface area contributed by atoms with Crippen LogP contribution in [0.5, 0.6) is 17.2 Å². The molecule has 2 aromatic rings. The van der Waals surface area contributed by atoms with Gasteiger partial charge in [0.05, 0.1) is 24.3 Å². The van der Waals surface area contributed by atoms with Crippen LogP contribution in [0.15, 0.2) is 47.4 Å². The number of esters is 1. The van der Waals surface area contributed by atoms with Crippen LogP contribution in [-0.2, 0) is 9.59 Å². The number of amides is 1. The first kappa shape index (κ1) is 20.9. The van der Waals surface area contributed by atoms with Crippen LogP contribution in [0.25, 0.3) is 6.08 Å². The van der Waals surface area contributed by atoms with Gasteiger partial charge in [0, 0.05) is 6.92 Å². The molecule has 0 unspecified atom stereocenters. The van der Waals surface area contributed by atoms with E-state index in [-0.39, 0.29) is 5.91 Å². The summed E-state index contributed by atoms with van der Waals surface area (Å²) in [5.74, 6) is 0.812. The molecule has 1 amide bonds. The number of carbonyl (C=O) groups excluding carboxylic acids is 2. The summed E-state index contributed by atoms with van der Waals surface area (Å²) in [6.45, 7) is 3.80. The molecule has 0 saturated carbocycles. The Morgan fingerprint density at radius 2 is 1.90 bits per heavy atom. The highest BCUT2D eigenvalue weighted by atomic mass is 32.2. The van der Waals surface area contributed by atoms with E-state index in [4.69, 9.17) is 26.4 Å². The largest absolute Gasteiger partial charge is 0.494 e. The van der Waals surface area contributed by atoms with Crippen molar-refractivity contribution in [3.8, 4) is 17.2 Å². The van der Waals surface area contributed by atoms with E-state index in [1.807, 2.05) is 6.92 Å². The van der Waals surface area contributed by atoms with E-state index in [1.54, 1.807) is 48.5 Å². The zero-order chi connectivity index (χ0) is 21.0. The number of carbonyl (C=O) groups is 2. The molecule has 8 heteroatoms. The Kier molecular flexibility index (Phi) is 6.56. The van der Waals surface area contributed by atoms with Gasteiger partial charge in [-0.2, -0.15) is 0 Å². The van der Waals surface area contributed by atoms with E-state index in [9.17, 15) is 9.59 Å². The number of methoxy groups -OCH3 is 1. The molecule has 29 heavy (non-hydrogen) atoms. The summed E-state index contributed by atoms with van der Waals surface area (Å²) < 4.78 is 16.3. The molecule has 3 rings (SSSR count). The zero-order valence-corrected chi connectivity index (χ0v) is 17.8. The Bertz CT molecular complexity index is 985. The summed E-state index contributed by atoms with van der Waals surface area (Å²) in [7, 11) is 1.48. The number of benzene rings is 2. The molecule has 0 radical (unpaired) electrons. The molecule has 0 bridgehead atoms. The quantitative estimate of drug-likeness (QED) is 0.291. The number of rotatable bonds is 6. The lowest BCUT2D eigenvalue weighted by atomic mass is 10.2. The molecule has 0 aromatic heterocycles. The molecule has 1 aliphatic heterocycles. The summed E-state index contributed by atoms with van der Waals surface area (Å²) in [6.07, 6.45) is 1.73. The predicted molar refractivity (Wildman–Crippen MR) is 118 cm³/mol. The van der Waals surface area contributed by atoms with Crippen molar-refractivity contribution in [3.05, 3.63) is 52.9 Å². The van der Waals surface area contributed by atoms with Gasteiger partial charge in [0.15, 0.2) is 15.8 Å². The highest BCUT2D eigenvalue weighted by Crippen LogP contribution is 2.37. The van der Waals surface area contributed by atoms with Crippen LogP contribution in [-0.4, -0.2) is 29.9 Å². The molecule has 0 N–H and O–H groups in total. The third-order valence-corrected chi connectivity index (χ3v) is 5.24. The molecule has 0 aliphatic carbocycles. The molecule has 1 saturated heterocycles. The lowest BCUT2D eigenvalue weighted by molar-refractivity contribution is -0.132. The van der Waals surface area contributed by atoms with E-state index in [1.165, 1.54) is 30.7 Å². The average Bonchev–Trinajstić information content (AvgIpc) is 2.97. The second-order valence-electron chi connectivity index (χ2n) is 5.95. The van der Waals surface area contributed by atoms with Crippen molar-refractivity contribution in [2.75, 3.05) is 18.6 Å². The highest BCUT2D eigenvalue weighted by Gasteiger charge is 2.33. The summed E-state index contributed by atoms with van der Waals surface area (Å²) in [5.41, 5.74) is 1.41. The molecular weight excluding hydrogens is 410 g/mol. The lowest BCUT2D eigenvalue weighted by Gasteiger charge is -2.15. The van der Waals surface area contributed by atoms with E-state index in [2.05, 4.69) is 0 Å². The first-order valence-corrected chi connectivity index (χ1v) is 10.0. The zero-order valence-electron chi connectivity index (χ0n) is 16.1. The molecular formula is C21H19NO5S2. The first-order chi connectivity index (χ1) is 13.9. The van der Waals surface area contributed by atoms with Crippen molar-refractivity contribution in [2.45, 2.75) is 13.8 Å². The third kappa shape index (κ3) is 4.78. The summed E-state index contributed by atoms with van der Waals surface area (Å²) >= 11 is 6.63. The Morgan fingerprint density at radius 1 is 1.17 bits per heavy atom. The van der Waals surface area contributed by atoms with Gasteiger partial charge in [-0.05, 0) is 55.0 Å². The minimum absolute atomic E-state index is 0.202. The number of anilines is 1. The van der Waals surface area contributed by atoms with Gasteiger partial charge in [0.1, 0.15) is 5.75 Å². The van der Waals surface area contributed by atoms with Crippen LogP contribution < -0.4 is 19.1 Å². The number of hydrogen-bond acceptors (Lipinski definition) is 7. The Balaban J connectivity index is 1.85. The number of nitrogens with zero attached hydrogens (tertiary/aromatic N) is 1. The van der Waals surface area contributed by atoms with Gasteiger partial charge in [-0.15, -0.1) is 0 Å². The number of thioether (sulfide) groups is 1. The fourth-order valence-corrected chi connectivity index (χ4v) is 4.01. The van der Waals surface area contributed by atoms with Crippen molar-refractivity contribution in [2.24, 2.45) is 0 Å². The highest BCUT2D eigenvalue weighted by molar-refractivity contribution is 8.27. The van der Waals surface area contributed by atoms with Crippen LogP contribution in [0.2, 0.25) is 0 Å². The fraction of sp³-hybridized carbons (Fsp3) is 0.190. The van der Waals surface area contributed by atoms with Gasteiger partial charge >= 0.3 is 5.97 Å². The molecule has 150 valence electrons. The van der Waals surface area contributed by atoms with E-state index in [0.717, 1.165) is 11.3 Å². The molecule has 1 heterocycles. The Labute approximate surface area is 178 Å². The minimum Gasteiger partial charge on any atom is -0.494 e. The van der Waals surface area contributed by atoms with Crippen molar-refractivity contribution in [3.63, 3.8) is 0 Å². The van der Waals surface area contributed by atoms with Crippen LogP contribution in [0.1, 0.15) is 19.4 Å². The second-order valence-corrected chi connectivity index (χ2v) is 7.62. The standard InChI is InChI=1S/C21H19NO5S2/c1-4-26-16-8-6-15(7-9-16)22-20(24)19(29-21(22)28)12-14-5-10-17(27-13(2)23)18(11-14)25-3/h5-12H,4H2,1-3H3/b19-12-.